The average Bonchev–Trinajstić information content (AvgIpc) is 2.39. The maximum Gasteiger partial charge on any atom is 0.128 e. The highest BCUT2D eigenvalue weighted by Gasteiger charge is 2.30. The molecule has 0 bridgehead atoms. The fourth-order valence-electron chi connectivity index (χ4n) is 2.56. The van der Waals surface area contributed by atoms with Crippen molar-refractivity contribution in [1.82, 2.24) is 4.98 Å². The van der Waals surface area contributed by atoms with Gasteiger partial charge in [0, 0.05) is 17.5 Å². The molecule has 1 aliphatic carbocycles. The molecule has 1 saturated carbocycles. The SMILES string of the molecule is CSC1(CNc2ncccc2C)CCCCC1. The van der Waals surface area contributed by atoms with Gasteiger partial charge in [0.25, 0.3) is 0 Å². The summed E-state index contributed by atoms with van der Waals surface area (Å²) in [5.41, 5.74) is 1.24. The van der Waals surface area contributed by atoms with Crippen LogP contribution in [0, 0.1) is 6.92 Å². The maximum atomic E-state index is 4.41. The molecule has 0 aliphatic heterocycles. The number of anilines is 1. The van der Waals surface area contributed by atoms with Crippen molar-refractivity contribution in [2.45, 2.75) is 43.8 Å². The molecule has 0 saturated heterocycles. The van der Waals surface area contributed by atoms with E-state index in [2.05, 4.69) is 29.5 Å². The fraction of sp³-hybridized carbons (Fsp3) is 0.643. The van der Waals surface area contributed by atoms with E-state index in [1.54, 1.807) is 0 Å². The van der Waals surface area contributed by atoms with Gasteiger partial charge in [0.05, 0.1) is 0 Å². The second kappa shape index (κ2) is 5.76. The third kappa shape index (κ3) is 3.15. The molecule has 1 fully saturated rings. The molecular weight excluding hydrogens is 228 g/mol. The van der Waals surface area contributed by atoms with Crippen LogP contribution in [0.3, 0.4) is 0 Å². The Morgan fingerprint density at radius 3 is 2.76 bits per heavy atom. The molecule has 1 aromatic heterocycles. The van der Waals surface area contributed by atoms with Gasteiger partial charge in [0.1, 0.15) is 5.82 Å². The summed E-state index contributed by atoms with van der Waals surface area (Å²) in [7, 11) is 0. The van der Waals surface area contributed by atoms with Crippen LogP contribution in [-0.4, -0.2) is 22.5 Å². The molecule has 2 nitrogen and oxygen atoms in total. The summed E-state index contributed by atoms with van der Waals surface area (Å²) >= 11 is 2.03. The molecule has 0 aromatic carbocycles. The van der Waals surface area contributed by atoms with E-state index in [1.165, 1.54) is 37.7 Å². The van der Waals surface area contributed by atoms with Crippen molar-refractivity contribution < 1.29 is 0 Å². The minimum atomic E-state index is 0.433. The summed E-state index contributed by atoms with van der Waals surface area (Å²) in [4.78, 5) is 4.41. The van der Waals surface area contributed by atoms with Crippen LogP contribution in [0.25, 0.3) is 0 Å². The number of aryl methyl sites for hydroxylation is 1. The molecule has 0 spiro atoms. The predicted octanol–water partition coefficient (Wildman–Crippen LogP) is 3.87. The van der Waals surface area contributed by atoms with Gasteiger partial charge in [-0.15, -0.1) is 0 Å². The van der Waals surface area contributed by atoms with Crippen LogP contribution >= 0.6 is 11.8 Å². The highest BCUT2D eigenvalue weighted by Crippen LogP contribution is 2.38. The van der Waals surface area contributed by atoms with Gasteiger partial charge in [-0.05, 0) is 37.7 Å². The van der Waals surface area contributed by atoms with Gasteiger partial charge >= 0.3 is 0 Å². The molecule has 0 amide bonds. The van der Waals surface area contributed by atoms with E-state index in [4.69, 9.17) is 0 Å². The maximum absolute atomic E-state index is 4.41. The highest BCUT2D eigenvalue weighted by molar-refractivity contribution is 8.00. The van der Waals surface area contributed by atoms with Crippen molar-refractivity contribution in [3.63, 3.8) is 0 Å². The highest BCUT2D eigenvalue weighted by atomic mass is 32.2. The Morgan fingerprint density at radius 2 is 2.12 bits per heavy atom. The Hall–Kier alpha value is -0.700. The van der Waals surface area contributed by atoms with Gasteiger partial charge in [-0.1, -0.05) is 25.3 Å². The monoisotopic (exact) mass is 250 g/mol. The zero-order valence-electron chi connectivity index (χ0n) is 10.8. The number of thioether (sulfide) groups is 1. The number of nitrogens with one attached hydrogen (secondary N) is 1. The van der Waals surface area contributed by atoms with Crippen molar-refractivity contribution in [1.29, 1.82) is 0 Å². The van der Waals surface area contributed by atoms with E-state index in [0.717, 1.165) is 12.4 Å². The van der Waals surface area contributed by atoms with E-state index in [0.29, 0.717) is 4.75 Å². The molecule has 94 valence electrons. The minimum absolute atomic E-state index is 0.433. The van der Waals surface area contributed by atoms with Crippen molar-refractivity contribution in [3.8, 4) is 0 Å². The Bertz CT molecular complexity index is 359. The van der Waals surface area contributed by atoms with Gasteiger partial charge in [0.2, 0.25) is 0 Å². The largest absolute Gasteiger partial charge is 0.368 e. The van der Waals surface area contributed by atoms with E-state index < -0.39 is 0 Å². The standard InChI is InChI=1S/C14H22N2S/c1-12-7-6-10-15-13(12)16-11-14(17-2)8-4-3-5-9-14/h6-7,10H,3-5,8-9,11H2,1-2H3,(H,15,16). The van der Waals surface area contributed by atoms with Crippen molar-refractivity contribution in [2.75, 3.05) is 18.1 Å². The number of pyridine rings is 1. The molecule has 0 radical (unpaired) electrons. The first kappa shape index (κ1) is 12.7. The van der Waals surface area contributed by atoms with Crippen LogP contribution < -0.4 is 5.32 Å². The van der Waals surface area contributed by atoms with Crippen LogP contribution in [0.15, 0.2) is 18.3 Å². The lowest BCUT2D eigenvalue weighted by Crippen LogP contribution is -2.35. The van der Waals surface area contributed by atoms with E-state index in [-0.39, 0.29) is 0 Å². The zero-order valence-corrected chi connectivity index (χ0v) is 11.6. The normalized spacial score (nSPS) is 18.9. The summed E-state index contributed by atoms with van der Waals surface area (Å²) in [5, 5.41) is 3.54. The van der Waals surface area contributed by atoms with E-state index in [1.807, 2.05) is 24.0 Å². The Kier molecular flexibility index (Phi) is 4.32. The third-order valence-electron chi connectivity index (χ3n) is 3.79. The first-order chi connectivity index (χ1) is 8.26. The molecule has 1 heterocycles. The van der Waals surface area contributed by atoms with Crippen LogP contribution in [-0.2, 0) is 0 Å². The molecule has 17 heavy (non-hydrogen) atoms. The number of hydrogen-bond donors (Lipinski definition) is 1. The van der Waals surface area contributed by atoms with Crippen molar-refractivity contribution in [3.05, 3.63) is 23.9 Å². The van der Waals surface area contributed by atoms with Gasteiger partial charge < -0.3 is 5.32 Å². The second-order valence-electron chi connectivity index (χ2n) is 4.97. The Balaban J connectivity index is 1.98. The summed E-state index contributed by atoms with van der Waals surface area (Å²) in [6.07, 6.45) is 11.0. The lowest BCUT2D eigenvalue weighted by molar-refractivity contribution is 0.411. The summed E-state index contributed by atoms with van der Waals surface area (Å²) in [6, 6.07) is 4.10. The molecule has 0 atom stereocenters. The number of aromatic nitrogens is 1. The van der Waals surface area contributed by atoms with Gasteiger partial charge in [-0.25, -0.2) is 4.98 Å². The molecule has 0 unspecified atom stereocenters. The van der Waals surface area contributed by atoms with E-state index >= 15 is 0 Å². The summed E-state index contributed by atoms with van der Waals surface area (Å²) < 4.78 is 0.433. The lowest BCUT2D eigenvalue weighted by atomic mass is 9.88. The fourth-order valence-corrected chi connectivity index (χ4v) is 3.48. The number of rotatable bonds is 4. The molecule has 2 rings (SSSR count). The number of hydrogen-bond acceptors (Lipinski definition) is 3. The van der Waals surface area contributed by atoms with Crippen molar-refractivity contribution in [2.24, 2.45) is 0 Å². The topological polar surface area (TPSA) is 24.9 Å². The Morgan fingerprint density at radius 1 is 1.35 bits per heavy atom. The van der Waals surface area contributed by atoms with Gasteiger partial charge in [-0.2, -0.15) is 11.8 Å². The van der Waals surface area contributed by atoms with Crippen LogP contribution in [0.1, 0.15) is 37.7 Å². The first-order valence-electron chi connectivity index (χ1n) is 6.46. The summed E-state index contributed by atoms with van der Waals surface area (Å²) in [6.45, 7) is 3.16. The molecule has 1 aromatic rings. The number of nitrogens with zero attached hydrogens (tertiary/aromatic N) is 1. The van der Waals surface area contributed by atoms with Crippen LogP contribution in [0.4, 0.5) is 5.82 Å². The molecular formula is C14H22N2S. The molecule has 1 aliphatic rings. The Labute approximate surface area is 109 Å². The third-order valence-corrected chi connectivity index (χ3v) is 5.20. The molecule has 3 heteroatoms. The predicted molar refractivity (Wildman–Crippen MR) is 76.8 cm³/mol. The zero-order chi connectivity index (χ0) is 12.1. The first-order valence-corrected chi connectivity index (χ1v) is 7.69. The quantitative estimate of drug-likeness (QED) is 0.878. The van der Waals surface area contributed by atoms with Crippen LogP contribution in [0.2, 0.25) is 0 Å². The summed E-state index contributed by atoms with van der Waals surface area (Å²) in [5.74, 6) is 1.05. The van der Waals surface area contributed by atoms with E-state index in [9.17, 15) is 0 Å². The average molecular weight is 250 g/mol. The minimum Gasteiger partial charge on any atom is -0.368 e. The van der Waals surface area contributed by atoms with Gasteiger partial charge in [-0.3, -0.25) is 0 Å². The molecule has 1 N–H and O–H groups in total. The second-order valence-corrected chi connectivity index (χ2v) is 6.24. The van der Waals surface area contributed by atoms with Gasteiger partial charge in [0.15, 0.2) is 0 Å². The lowest BCUT2D eigenvalue weighted by Gasteiger charge is -2.36. The van der Waals surface area contributed by atoms with Crippen molar-refractivity contribution >= 4 is 17.6 Å². The van der Waals surface area contributed by atoms with Crippen LogP contribution in [0.5, 0.6) is 0 Å². The smallest absolute Gasteiger partial charge is 0.128 e.